The second-order valence-electron chi connectivity index (χ2n) is 5.67. The number of nitrogens with one attached hydrogen (secondary N) is 1. The summed E-state index contributed by atoms with van der Waals surface area (Å²) < 4.78 is 11.2. The molecule has 120 valence electrons. The molecule has 0 aliphatic heterocycles. The van der Waals surface area contributed by atoms with Crippen LogP contribution in [0.4, 0.5) is 5.82 Å². The summed E-state index contributed by atoms with van der Waals surface area (Å²) in [6.45, 7) is 10.6. The zero-order chi connectivity index (χ0) is 15.9. The lowest BCUT2D eigenvalue weighted by Crippen LogP contribution is -2.43. The third-order valence-electron chi connectivity index (χ3n) is 3.33. The lowest BCUT2D eigenvalue weighted by molar-refractivity contribution is 0.108. The van der Waals surface area contributed by atoms with Gasteiger partial charge in [-0.15, -0.1) is 0 Å². The van der Waals surface area contributed by atoms with Crippen LogP contribution in [0.25, 0.3) is 0 Å². The third kappa shape index (κ3) is 5.85. The predicted octanol–water partition coefficient (Wildman–Crippen LogP) is 2.16. The summed E-state index contributed by atoms with van der Waals surface area (Å²) in [6, 6.07) is 1.82. The predicted molar refractivity (Wildman–Crippen MR) is 84.8 cm³/mol. The standard InChI is InChI=1S/C15H28N4O2/c1-7-16-12-9-14(18-13(17-12)10-20-8-2)21-11-15(3,4)19(5)6/h9H,7-8,10-11H2,1-6H3,(H,16,17,18). The average Bonchev–Trinajstić information content (AvgIpc) is 2.43. The SMILES string of the molecule is CCNc1cc(OCC(C)(C)N(C)C)nc(COCC)n1. The summed E-state index contributed by atoms with van der Waals surface area (Å²) in [5.41, 5.74) is -0.0661. The highest BCUT2D eigenvalue weighted by Crippen LogP contribution is 2.17. The largest absolute Gasteiger partial charge is 0.476 e. The lowest BCUT2D eigenvalue weighted by Gasteiger charge is -2.31. The summed E-state index contributed by atoms with van der Waals surface area (Å²) in [5.74, 6) is 1.97. The van der Waals surface area contributed by atoms with Crippen LogP contribution in [0.5, 0.6) is 5.88 Å². The van der Waals surface area contributed by atoms with Crippen LogP contribution in [0.3, 0.4) is 0 Å². The number of hydrogen-bond donors (Lipinski definition) is 1. The van der Waals surface area contributed by atoms with Crippen LogP contribution in [0.15, 0.2) is 6.07 Å². The molecule has 0 aliphatic rings. The summed E-state index contributed by atoms with van der Waals surface area (Å²) in [6.07, 6.45) is 0. The minimum Gasteiger partial charge on any atom is -0.476 e. The van der Waals surface area contributed by atoms with Gasteiger partial charge in [0.1, 0.15) is 19.0 Å². The van der Waals surface area contributed by atoms with Crippen molar-refractivity contribution < 1.29 is 9.47 Å². The van der Waals surface area contributed by atoms with Gasteiger partial charge >= 0.3 is 0 Å². The number of hydrogen-bond acceptors (Lipinski definition) is 6. The summed E-state index contributed by atoms with van der Waals surface area (Å²) in [7, 11) is 4.07. The second kappa shape index (κ2) is 8.14. The van der Waals surface area contributed by atoms with Crippen molar-refractivity contribution in [2.24, 2.45) is 0 Å². The highest BCUT2D eigenvalue weighted by molar-refractivity contribution is 5.38. The van der Waals surface area contributed by atoms with E-state index in [4.69, 9.17) is 9.47 Å². The lowest BCUT2D eigenvalue weighted by atomic mass is 10.1. The topological polar surface area (TPSA) is 59.5 Å². The molecule has 0 saturated heterocycles. The Hall–Kier alpha value is -1.40. The molecule has 0 aromatic carbocycles. The van der Waals surface area contributed by atoms with Crippen LogP contribution < -0.4 is 10.1 Å². The van der Waals surface area contributed by atoms with Gasteiger partial charge in [-0.2, -0.15) is 4.98 Å². The quantitative estimate of drug-likeness (QED) is 0.753. The molecule has 0 spiro atoms. The molecule has 0 amide bonds. The van der Waals surface area contributed by atoms with Gasteiger partial charge in [0.15, 0.2) is 5.82 Å². The maximum absolute atomic E-state index is 5.85. The van der Waals surface area contributed by atoms with E-state index >= 15 is 0 Å². The molecule has 1 aromatic rings. The molecule has 1 N–H and O–H groups in total. The summed E-state index contributed by atoms with van der Waals surface area (Å²) >= 11 is 0. The van der Waals surface area contributed by atoms with Crippen LogP contribution in [0.2, 0.25) is 0 Å². The first-order valence-corrected chi connectivity index (χ1v) is 7.38. The molecule has 0 unspecified atom stereocenters. The van der Waals surface area contributed by atoms with E-state index in [2.05, 4.69) is 34.0 Å². The fourth-order valence-electron chi connectivity index (χ4n) is 1.46. The van der Waals surface area contributed by atoms with Crippen molar-refractivity contribution >= 4 is 5.82 Å². The molecule has 0 aliphatic carbocycles. The Bertz CT molecular complexity index is 436. The van der Waals surface area contributed by atoms with Crippen LogP contribution in [0.1, 0.15) is 33.5 Å². The fourth-order valence-corrected chi connectivity index (χ4v) is 1.46. The van der Waals surface area contributed by atoms with Gasteiger partial charge in [0.05, 0.1) is 0 Å². The maximum atomic E-state index is 5.85. The first kappa shape index (κ1) is 17.7. The van der Waals surface area contributed by atoms with E-state index < -0.39 is 0 Å². The number of anilines is 1. The van der Waals surface area contributed by atoms with Crippen LogP contribution in [-0.2, 0) is 11.3 Å². The zero-order valence-electron chi connectivity index (χ0n) is 14.1. The first-order chi connectivity index (χ1) is 9.89. The third-order valence-corrected chi connectivity index (χ3v) is 3.33. The van der Waals surface area contributed by atoms with Gasteiger partial charge in [-0.3, -0.25) is 0 Å². The van der Waals surface area contributed by atoms with Crippen molar-refractivity contribution in [2.75, 3.05) is 39.2 Å². The first-order valence-electron chi connectivity index (χ1n) is 7.38. The molecule has 1 heterocycles. The van der Waals surface area contributed by atoms with E-state index in [1.165, 1.54) is 0 Å². The number of rotatable bonds is 9. The molecular weight excluding hydrogens is 268 g/mol. The number of likely N-dealkylation sites (N-methyl/N-ethyl adjacent to an activating group) is 1. The Kier molecular flexibility index (Phi) is 6.84. The van der Waals surface area contributed by atoms with Gasteiger partial charge in [-0.05, 0) is 41.8 Å². The Morgan fingerprint density at radius 1 is 1.24 bits per heavy atom. The Morgan fingerprint density at radius 2 is 1.95 bits per heavy atom. The molecule has 21 heavy (non-hydrogen) atoms. The van der Waals surface area contributed by atoms with Crippen molar-refractivity contribution in [3.8, 4) is 5.88 Å². The molecule has 0 atom stereocenters. The molecule has 6 heteroatoms. The Balaban J connectivity index is 2.82. The molecule has 0 bridgehead atoms. The van der Waals surface area contributed by atoms with E-state index in [1.807, 2.05) is 34.0 Å². The Labute approximate surface area is 127 Å². The molecule has 0 radical (unpaired) electrons. The number of nitrogens with zero attached hydrogens (tertiary/aromatic N) is 3. The van der Waals surface area contributed by atoms with Gasteiger partial charge in [0, 0.05) is 24.8 Å². The fraction of sp³-hybridized carbons (Fsp3) is 0.733. The second-order valence-corrected chi connectivity index (χ2v) is 5.67. The molecule has 6 nitrogen and oxygen atoms in total. The van der Waals surface area contributed by atoms with Crippen LogP contribution in [0, 0.1) is 0 Å². The van der Waals surface area contributed by atoms with Crippen molar-refractivity contribution in [3.63, 3.8) is 0 Å². The van der Waals surface area contributed by atoms with E-state index in [0.29, 0.717) is 31.5 Å². The molecule has 0 saturated carbocycles. The number of aromatic nitrogens is 2. The minimum atomic E-state index is -0.0661. The van der Waals surface area contributed by atoms with Gasteiger partial charge < -0.3 is 19.7 Å². The summed E-state index contributed by atoms with van der Waals surface area (Å²) in [5, 5.41) is 3.19. The minimum absolute atomic E-state index is 0.0661. The van der Waals surface area contributed by atoms with Gasteiger partial charge in [0.25, 0.3) is 0 Å². The molecule has 1 rings (SSSR count). The summed E-state index contributed by atoms with van der Waals surface area (Å²) in [4.78, 5) is 10.9. The maximum Gasteiger partial charge on any atom is 0.218 e. The molecule has 1 aromatic heterocycles. The number of ether oxygens (including phenoxy) is 2. The van der Waals surface area contributed by atoms with Crippen LogP contribution in [-0.4, -0.2) is 54.3 Å². The Morgan fingerprint density at radius 3 is 2.52 bits per heavy atom. The van der Waals surface area contributed by atoms with Crippen LogP contribution >= 0.6 is 0 Å². The molecule has 0 fully saturated rings. The smallest absolute Gasteiger partial charge is 0.218 e. The monoisotopic (exact) mass is 296 g/mol. The van der Waals surface area contributed by atoms with Crippen molar-refractivity contribution in [3.05, 3.63) is 11.9 Å². The highest BCUT2D eigenvalue weighted by Gasteiger charge is 2.21. The zero-order valence-corrected chi connectivity index (χ0v) is 14.1. The van der Waals surface area contributed by atoms with Gasteiger partial charge in [-0.25, -0.2) is 4.98 Å². The van der Waals surface area contributed by atoms with E-state index in [-0.39, 0.29) is 5.54 Å². The normalized spacial score (nSPS) is 11.8. The van der Waals surface area contributed by atoms with Crippen molar-refractivity contribution in [2.45, 2.75) is 39.8 Å². The van der Waals surface area contributed by atoms with Crippen molar-refractivity contribution in [1.29, 1.82) is 0 Å². The van der Waals surface area contributed by atoms with Gasteiger partial charge in [0.2, 0.25) is 5.88 Å². The van der Waals surface area contributed by atoms with Crippen molar-refractivity contribution in [1.82, 2.24) is 14.9 Å². The van der Waals surface area contributed by atoms with E-state index in [9.17, 15) is 0 Å². The average molecular weight is 296 g/mol. The van der Waals surface area contributed by atoms with E-state index in [1.54, 1.807) is 0 Å². The van der Waals surface area contributed by atoms with Gasteiger partial charge in [-0.1, -0.05) is 0 Å². The van der Waals surface area contributed by atoms with E-state index in [0.717, 1.165) is 12.4 Å². The highest BCUT2D eigenvalue weighted by atomic mass is 16.5. The molecular formula is C15H28N4O2.